The zero-order valence-corrected chi connectivity index (χ0v) is 20.1. The number of methoxy groups -OCH3 is 2. The van der Waals surface area contributed by atoms with E-state index in [1.54, 1.807) is 43.3 Å². The lowest BCUT2D eigenvalue weighted by Crippen LogP contribution is -2.22. The molecule has 10 heteroatoms. The van der Waals surface area contributed by atoms with Crippen LogP contribution in [-0.2, 0) is 9.53 Å². The van der Waals surface area contributed by atoms with Crippen molar-refractivity contribution in [3.8, 4) is 17.2 Å². The molecule has 0 aliphatic carbocycles. The third-order valence-electron chi connectivity index (χ3n) is 4.81. The number of carbonyl (C=O) groups excluding carboxylic acids is 3. The predicted molar refractivity (Wildman–Crippen MR) is 135 cm³/mol. The Morgan fingerprint density at radius 1 is 0.778 bits per heavy atom. The number of para-hydroxylation sites is 1. The minimum absolute atomic E-state index is 0.118. The molecule has 0 atom stereocenters. The van der Waals surface area contributed by atoms with Gasteiger partial charge in [-0.15, -0.1) is 0 Å². The summed E-state index contributed by atoms with van der Waals surface area (Å²) in [5, 5.41) is 8.07. The van der Waals surface area contributed by atoms with Gasteiger partial charge in [-0.3, -0.25) is 4.79 Å². The number of carbonyl (C=O) groups is 3. The first-order valence-corrected chi connectivity index (χ1v) is 11.0. The molecule has 3 aromatic carbocycles. The molecule has 0 saturated heterocycles. The molecule has 3 aromatic rings. The number of anilines is 3. The molecule has 3 amide bonds. The van der Waals surface area contributed by atoms with E-state index in [2.05, 4.69) is 16.0 Å². The highest BCUT2D eigenvalue weighted by Gasteiger charge is 2.19. The molecule has 0 saturated carbocycles. The van der Waals surface area contributed by atoms with Gasteiger partial charge in [0.05, 0.1) is 32.1 Å². The summed E-state index contributed by atoms with van der Waals surface area (Å²) in [6.07, 6.45) is 0. The van der Waals surface area contributed by atoms with Crippen molar-refractivity contribution in [2.75, 3.05) is 43.4 Å². The highest BCUT2D eigenvalue weighted by atomic mass is 16.5. The molecule has 188 valence electrons. The molecule has 0 radical (unpaired) electrons. The van der Waals surface area contributed by atoms with Gasteiger partial charge >= 0.3 is 12.0 Å². The zero-order chi connectivity index (χ0) is 25.9. The van der Waals surface area contributed by atoms with Gasteiger partial charge < -0.3 is 34.9 Å². The van der Waals surface area contributed by atoms with Crippen LogP contribution in [0.3, 0.4) is 0 Å². The molecular weight excluding hydrogens is 466 g/mol. The number of esters is 1. The maximum atomic E-state index is 12.5. The quantitative estimate of drug-likeness (QED) is 0.354. The van der Waals surface area contributed by atoms with Crippen LogP contribution in [0.4, 0.5) is 21.9 Å². The molecule has 0 fully saturated rings. The van der Waals surface area contributed by atoms with Crippen LogP contribution in [0.5, 0.6) is 17.2 Å². The van der Waals surface area contributed by atoms with Gasteiger partial charge in [0.15, 0.2) is 18.1 Å². The van der Waals surface area contributed by atoms with E-state index in [1.807, 2.05) is 18.2 Å². The van der Waals surface area contributed by atoms with Crippen molar-refractivity contribution in [2.45, 2.75) is 6.92 Å². The van der Waals surface area contributed by atoms with E-state index in [9.17, 15) is 14.4 Å². The van der Waals surface area contributed by atoms with E-state index in [1.165, 1.54) is 26.4 Å². The topological polar surface area (TPSA) is 124 Å². The molecule has 3 rings (SSSR count). The van der Waals surface area contributed by atoms with Gasteiger partial charge in [-0.25, -0.2) is 9.59 Å². The minimum atomic E-state index is -0.617. The largest absolute Gasteiger partial charge is 0.493 e. The number of hydrogen-bond donors (Lipinski definition) is 3. The summed E-state index contributed by atoms with van der Waals surface area (Å²) in [4.78, 5) is 37.0. The first kappa shape index (κ1) is 25.9. The number of urea groups is 1. The van der Waals surface area contributed by atoms with Crippen LogP contribution >= 0.6 is 0 Å². The Bertz CT molecular complexity index is 1200. The number of nitrogens with one attached hydrogen (secondary N) is 3. The monoisotopic (exact) mass is 493 g/mol. The molecule has 36 heavy (non-hydrogen) atoms. The Hall–Kier alpha value is -4.73. The van der Waals surface area contributed by atoms with Crippen LogP contribution in [0, 0.1) is 0 Å². The Morgan fingerprint density at radius 3 is 2.00 bits per heavy atom. The Labute approximate surface area is 208 Å². The lowest BCUT2D eigenvalue weighted by atomic mass is 10.1. The molecule has 0 spiro atoms. The van der Waals surface area contributed by atoms with E-state index in [4.69, 9.17) is 18.9 Å². The van der Waals surface area contributed by atoms with Gasteiger partial charge in [0.25, 0.3) is 5.91 Å². The van der Waals surface area contributed by atoms with Crippen LogP contribution in [0.1, 0.15) is 17.3 Å². The number of ether oxygens (including phenoxy) is 4. The lowest BCUT2D eigenvalue weighted by molar-refractivity contribution is -0.118. The average Bonchev–Trinajstić information content (AvgIpc) is 2.88. The van der Waals surface area contributed by atoms with E-state index < -0.39 is 11.9 Å². The smallest absolute Gasteiger partial charge is 0.340 e. The molecule has 0 aromatic heterocycles. The predicted octanol–water partition coefficient (Wildman–Crippen LogP) is 4.54. The lowest BCUT2D eigenvalue weighted by Gasteiger charge is -2.15. The Kier molecular flexibility index (Phi) is 9.10. The van der Waals surface area contributed by atoms with Crippen molar-refractivity contribution in [2.24, 2.45) is 0 Å². The van der Waals surface area contributed by atoms with Crippen molar-refractivity contribution >= 4 is 35.0 Å². The van der Waals surface area contributed by atoms with Gasteiger partial charge in [-0.05, 0) is 43.3 Å². The van der Waals surface area contributed by atoms with Gasteiger partial charge in [-0.2, -0.15) is 0 Å². The van der Waals surface area contributed by atoms with Crippen LogP contribution in [0.25, 0.3) is 0 Å². The van der Waals surface area contributed by atoms with Gasteiger partial charge in [0.2, 0.25) is 0 Å². The summed E-state index contributed by atoms with van der Waals surface area (Å²) >= 11 is 0. The van der Waals surface area contributed by atoms with Gasteiger partial charge in [0, 0.05) is 23.5 Å². The van der Waals surface area contributed by atoms with Crippen LogP contribution in [0.15, 0.2) is 66.7 Å². The number of hydrogen-bond acceptors (Lipinski definition) is 7. The normalized spacial score (nSPS) is 10.1. The molecule has 3 N–H and O–H groups in total. The molecule has 10 nitrogen and oxygen atoms in total. The summed E-state index contributed by atoms with van der Waals surface area (Å²) < 4.78 is 21.1. The van der Waals surface area contributed by atoms with Crippen molar-refractivity contribution in [1.29, 1.82) is 0 Å². The summed E-state index contributed by atoms with van der Waals surface area (Å²) in [5.74, 6) is -0.0505. The second-order valence-electron chi connectivity index (χ2n) is 7.28. The fourth-order valence-electron chi connectivity index (χ4n) is 3.14. The van der Waals surface area contributed by atoms with Crippen molar-refractivity contribution < 1.29 is 33.3 Å². The van der Waals surface area contributed by atoms with Crippen molar-refractivity contribution in [3.05, 3.63) is 72.3 Å². The fraction of sp³-hybridized carbons (Fsp3) is 0.192. The SMILES string of the molecule is CCOC(=O)c1cc(OC)c(OC)cc1NC(=O)COc1ccc(NC(=O)Nc2ccccc2)cc1. The Morgan fingerprint density at radius 2 is 1.39 bits per heavy atom. The van der Waals surface area contributed by atoms with Crippen molar-refractivity contribution in [3.63, 3.8) is 0 Å². The molecular formula is C26H27N3O7. The summed E-state index contributed by atoms with van der Waals surface area (Å²) in [7, 11) is 2.88. The maximum Gasteiger partial charge on any atom is 0.340 e. The van der Waals surface area contributed by atoms with Crippen LogP contribution < -0.4 is 30.2 Å². The van der Waals surface area contributed by atoms with Crippen LogP contribution in [0.2, 0.25) is 0 Å². The summed E-state index contributed by atoms with van der Waals surface area (Å²) in [6, 6.07) is 18.1. The summed E-state index contributed by atoms with van der Waals surface area (Å²) in [6.45, 7) is 1.53. The molecule has 0 bridgehead atoms. The number of rotatable bonds is 10. The van der Waals surface area contributed by atoms with Crippen LogP contribution in [-0.4, -0.2) is 45.3 Å². The van der Waals surface area contributed by atoms with E-state index in [0.29, 0.717) is 28.6 Å². The first-order valence-electron chi connectivity index (χ1n) is 11.0. The number of amides is 3. The maximum absolute atomic E-state index is 12.5. The van der Waals surface area contributed by atoms with E-state index >= 15 is 0 Å². The standard InChI is InChI=1S/C26H27N3O7/c1-4-35-25(31)20-14-22(33-2)23(34-3)15-21(20)29-24(30)16-36-19-12-10-18(11-13-19)28-26(32)27-17-8-6-5-7-9-17/h5-15H,4,16H2,1-3H3,(H,29,30)(H2,27,28,32). The van der Waals surface area contributed by atoms with E-state index in [-0.39, 0.29) is 30.5 Å². The van der Waals surface area contributed by atoms with E-state index in [0.717, 1.165) is 0 Å². The number of benzene rings is 3. The molecule has 0 aliphatic heterocycles. The molecule has 0 aliphatic rings. The van der Waals surface area contributed by atoms with Crippen molar-refractivity contribution in [1.82, 2.24) is 0 Å². The minimum Gasteiger partial charge on any atom is -0.493 e. The highest BCUT2D eigenvalue weighted by Crippen LogP contribution is 2.34. The second-order valence-corrected chi connectivity index (χ2v) is 7.28. The fourth-order valence-corrected chi connectivity index (χ4v) is 3.14. The molecule has 0 heterocycles. The zero-order valence-electron chi connectivity index (χ0n) is 20.1. The van der Waals surface area contributed by atoms with Gasteiger partial charge in [-0.1, -0.05) is 18.2 Å². The third kappa shape index (κ3) is 7.13. The molecule has 0 unspecified atom stereocenters. The summed E-state index contributed by atoms with van der Waals surface area (Å²) in [5.41, 5.74) is 1.53. The average molecular weight is 494 g/mol. The van der Waals surface area contributed by atoms with Gasteiger partial charge in [0.1, 0.15) is 5.75 Å². The Balaban J connectivity index is 1.59. The second kappa shape index (κ2) is 12.7. The third-order valence-corrected chi connectivity index (χ3v) is 4.81. The first-order chi connectivity index (χ1) is 17.4. The highest BCUT2D eigenvalue weighted by molar-refractivity contribution is 6.02.